The van der Waals surface area contributed by atoms with Gasteiger partial charge in [0.25, 0.3) is 0 Å². The van der Waals surface area contributed by atoms with E-state index in [4.69, 9.17) is 0 Å². The molecular weight excluding hydrogens is 348 g/mol. The quantitative estimate of drug-likeness (QED) is 0.592. The highest BCUT2D eigenvalue weighted by molar-refractivity contribution is 7.09. The van der Waals surface area contributed by atoms with Crippen molar-refractivity contribution in [2.24, 2.45) is 0 Å². The number of imidazole rings is 1. The third-order valence-corrected chi connectivity index (χ3v) is 4.92. The van der Waals surface area contributed by atoms with Gasteiger partial charge in [0.1, 0.15) is 6.54 Å². The molecule has 0 fully saturated rings. The number of carbonyl (C=O) groups is 1. The van der Waals surface area contributed by atoms with Crippen LogP contribution < -0.4 is 11.0 Å². The average molecular weight is 364 g/mol. The van der Waals surface area contributed by atoms with E-state index >= 15 is 0 Å². The summed E-state index contributed by atoms with van der Waals surface area (Å²) in [4.78, 5) is 30.7. The SMILES string of the molecule is O=C(Cn1c(=O)n(-c2ccccc2)c2ncccc21)NCc1cccs1. The number of benzene rings is 1. The van der Waals surface area contributed by atoms with Crippen LogP contribution in [0.2, 0.25) is 0 Å². The number of nitrogens with zero attached hydrogens (tertiary/aromatic N) is 3. The first-order valence-electron chi connectivity index (χ1n) is 8.15. The molecule has 0 aliphatic carbocycles. The summed E-state index contributed by atoms with van der Waals surface area (Å²) < 4.78 is 2.99. The molecule has 4 aromatic rings. The van der Waals surface area contributed by atoms with Crippen LogP contribution >= 0.6 is 11.3 Å². The molecule has 1 N–H and O–H groups in total. The summed E-state index contributed by atoms with van der Waals surface area (Å²) in [5, 5.41) is 4.82. The fourth-order valence-electron chi connectivity index (χ4n) is 2.85. The molecule has 1 amide bonds. The first-order chi connectivity index (χ1) is 12.7. The first-order valence-corrected chi connectivity index (χ1v) is 9.03. The van der Waals surface area contributed by atoms with Crippen molar-refractivity contribution in [3.63, 3.8) is 0 Å². The molecule has 26 heavy (non-hydrogen) atoms. The number of para-hydroxylation sites is 1. The number of fused-ring (bicyclic) bond motifs is 1. The van der Waals surface area contributed by atoms with E-state index in [0.717, 1.165) is 10.6 Å². The number of thiophene rings is 1. The molecule has 0 aliphatic rings. The fraction of sp³-hybridized carbons (Fsp3) is 0.105. The lowest BCUT2D eigenvalue weighted by molar-refractivity contribution is -0.121. The van der Waals surface area contributed by atoms with E-state index in [-0.39, 0.29) is 18.1 Å². The van der Waals surface area contributed by atoms with Crippen molar-refractivity contribution in [3.8, 4) is 5.69 Å². The minimum Gasteiger partial charge on any atom is -0.350 e. The van der Waals surface area contributed by atoms with Crippen molar-refractivity contribution < 1.29 is 4.79 Å². The van der Waals surface area contributed by atoms with Crippen LogP contribution in [0.4, 0.5) is 0 Å². The highest BCUT2D eigenvalue weighted by atomic mass is 32.1. The summed E-state index contributed by atoms with van der Waals surface area (Å²) in [6, 6.07) is 16.8. The van der Waals surface area contributed by atoms with Gasteiger partial charge in [-0.2, -0.15) is 0 Å². The van der Waals surface area contributed by atoms with Crippen LogP contribution in [0.5, 0.6) is 0 Å². The van der Waals surface area contributed by atoms with Crippen LogP contribution in [0.1, 0.15) is 4.88 Å². The van der Waals surface area contributed by atoms with E-state index in [1.54, 1.807) is 29.7 Å². The Hall–Kier alpha value is -3.19. The zero-order valence-corrected chi connectivity index (χ0v) is 14.6. The number of nitrogens with one attached hydrogen (secondary N) is 1. The van der Waals surface area contributed by atoms with Crippen LogP contribution in [-0.4, -0.2) is 20.0 Å². The van der Waals surface area contributed by atoms with Gasteiger partial charge in [-0.3, -0.25) is 9.36 Å². The number of pyridine rings is 1. The van der Waals surface area contributed by atoms with Crippen LogP contribution in [0.15, 0.2) is 71.0 Å². The van der Waals surface area contributed by atoms with Crippen LogP contribution in [0.3, 0.4) is 0 Å². The normalized spacial score (nSPS) is 10.9. The molecule has 7 heteroatoms. The summed E-state index contributed by atoms with van der Waals surface area (Å²) in [6.45, 7) is 0.410. The second-order valence-corrected chi connectivity index (χ2v) is 6.77. The second kappa shape index (κ2) is 6.97. The molecule has 130 valence electrons. The standard InChI is InChI=1S/C19H16N4O2S/c24-17(21-12-15-8-5-11-26-15)13-22-16-9-4-10-20-18(16)23(19(22)25)14-6-2-1-3-7-14/h1-11H,12-13H2,(H,21,24). The molecular formula is C19H16N4O2S. The van der Waals surface area contributed by atoms with E-state index in [9.17, 15) is 9.59 Å². The number of rotatable bonds is 5. The van der Waals surface area contributed by atoms with Gasteiger partial charge in [-0.1, -0.05) is 24.3 Å². The molecule has 0 saturated carbocycles. The molecule has 0 saturated heterocycles. The number of aromatic nitrogens is 3. The monoisotopic (exact) mass is 364 g/mol. The smallest absolute Gasteiger partial charge is 0.335 e. The summed E-state index contributed by atoms with van der Waals surface area (Å²) in [7, 11) is 0. The predicted octanol–water partition coefficient (Wildman–Crippen LogP) is 2.57. The Kier molecular flexibility index (Phi) is 4.37. The van der Waals surface area contributed by atoms with E-state index in [1.165, 1.54) is 9.13 Å². The van der Waals surface area contributed by atoms with Gasteiger partial charge in [0.15, 0.2) is 5.65 Å². The number of carbonyl (C=O) groups excluding carboxylic acids is 1. The van der Waals surface area contributed by atoms with Gasteiger partial charge in [0.2, 0.25) is 5.91 Å². The number of amides is 1. The average Bonchev–Trinajstić information content (AvgIpc) is 3.28. The first kappa shape index (κ1) is 16.3. The van der Waals surface area contributed by atoms with Gasteiger partial charge in [-0.25, -0.2) is 14.3 Å². The van der Waals surface area contributed by atoms with Gasteiger partial charge < -0.3 is 5.32 Å². The molecule has 0 bridgehead atoms. The van der Waals surface area contributed by atoms with E-state index in [0.29, 0.717) is 17.7 Å². The Labute approximate surface area is 153 Å². The van der Waals surface area contributed by atoms with Crippen molar-refractivity contribution in [3.05, 3.63) is 81.5 Å². The summed E-state index contributed by atoms with van der Waals surface area (Å²) in [5.74, 6) is -0.212. The number of hydrogen-bond acceptors (Lipinski definition) is 4. The minimum absolute atomic E-state index is 0.0494. The third kappa shape index (κ3) is 3.04. The molecule has 0 spiro atoms. The molecule has 3 aromatic heterocycles. The zero-order valence-electron chi connectivity index (χ0n) is 13.8. The fourth-order valence-corrected chi connectivity index (χ4v) is 3.49. The van der Waals surface area contributed by atoms with Crippen LogP contribution in [-0.2, 0) is 17.9 Å². The van der Waals surface area contributed by atoms with Crippen LogP contribution in [0, 0.1) is 0 Å². The van der Waals surface area contributed by atoms with Gasteiger partial charge in [0.05, 0.1) is 17.7 Å². The Morgan fingerprint density at radius 3 is 2.69 bits per heavy atom. The third-order valence-electron chi connectivity index (χ3n) is 4.05. The maximum absolute atomic E-state index is 13.0. The topological polar surface area (TPSA) is 68.9 Å². The summed E-state index contributed by atoms with van der Waals surface area (Å²) in [5.41, 5.74) is 1.61. The Morgan fingerprint density at radius 2 is 1.92 bits per heavy atom. The molecule has 0 unspecified atom stereocenters. The second-order valence-electron chi connectivity index (χ2n) is 5.74. The van der Waals surface area contributed by atoms with E-state index in [1.807, 2.05) is 47.8 Å². The lowest BCUT2D eigenvalue weighted by Crippen LogP contribution is -2.32. The minimum atomic E-state index is -0.281. The highest BCUT2D eigenvalue weighted by Gasteiger charge is 2.17. The Morgan fingerprint density at radius 1 is 1.08 bits per heavy atom. The maximum Gasteiger partial charge on any atom is 0.335 e. The molecule has 0 aliphatic heterocycles. The predicted molar refractivity (Wildman–Crippen MR) is 101 cm³/mol. The van der Waals surface area contributed by atoms with Crippen molar-refractivity contribution in [1.29, 1.82) is 0 Å². The van der Waals surface area contributed by atoms with Crippen molar-refractivity contribution in [2.45, 2.75) is 13.1 Å². The largest absolute Gasteiger partial charge is 0.350 e. The number of hydrogen-bond donors (Lipinski definition) is 1. The Bertz CT molecular complexity index is 1100. The molecule has 3 heterocycles. The lowest BCUT2D eigenvalue weighted by atomic mass is 10.3. The summed E-state index contributed by atoms with van der Waals surface area (Å²) in [6.07, 6.45) is 1.64. The highest BCUT2D eigenvalue weighted by Crippen LogP contribution is 2.15. The van der Waals surface area contributed by atoms with Crippen molar-refractivity contribution >= 4 is 28.4 Å². The zero-order chi connectivity index (χ0) is 17.9. The summed E-state index contributed by atoms with van der Waals surface area (Å²) >= 11 is 1.58. The van der Waals surface area contributed by atoms with Gasteiger partial charge in [-0.05, 0) is 35.7 Å². The molecule has 0 radical (unpaired) electrons. The van der Waals surface area contributed by atoms with Crippen molar-refractivity contribution in [1.82, 2.24) is 19.4 Å². The van der Waals surface area contributed by atoms with E-state index < -0.39 is 0 Å². The Balaban J connectivity index is 1.68. The molecule has 0 atom stereocenters. The van der Waals surface area contributed by atoms with Gasteiger partial charge in [0, 0.05) is 11.1 Å². The maximum atomic E-state index is 13.0. The van der Waals surface area contributed by atoms with Gasteiger partial charge >= 0.3 is 5.69 Å². The lowest BCUT2D eigenvalue weighted by Gasteiger charge is -2.05. The molecule has 1 aromatic carbocycles. The van der Waals surface area contributed by atoms with Crippen molar-refractivity contribution in [2.75, 3.05) is 0 Å². The van der Waals surface area contributed by atoms with Gasteiger partial charge in [-0.15, -0.1) is 11.3 Å². The molecule has 4 rings (SSSR count). The van der Waals surface area contributed by atoms with Crippen LogP contribution in [0.25, 0.3) is 16.9 Å². The van der Waals surface area contributed by atoms with E-state index in [2.05, 4.69) is 10.3 Å². The molecule has 6 nitrogen and oxygen atoms in total.